The number of phenolic OH excluding ortho intramolecular Hbond substituents is 1. The molecule has 0 fully saturated rings. The van der Waals surface area contributed by atoms with E-state index in [2.05, 4.69) is 10.3 Å². The average Bonchev–Trinajstić information content (AvgIpc) is 3.19. The summed E-state index contributed by atoms with van der Waals surface area (Å²) in [5, 5.41) is 33.6. The van der Waals surface area contributed by atoms with E-state index in [1.165, 1.54) is 11.0 Å². The van der Waals surface area contributed by atoms with Crippen LogP contribution in [0.4, 0.5) is 4.79 Å². The van der Waals surface area contributed by atoms with Gasteiger partial charge in [-0.05, 0) is 48.9 Å². The normalized spacial score (nSPS) is 12.2. The molecule has 1 amide bonds. The molecule has 0 aliphatic carbocycles. The molecule has 0 saturated carbocycles. The van der Waals surface area contributed by atoms with Crippen LogP contribution in [-0.2, 0) is 6.42 Å². The molecule has 5 N–H and O–H groups in total. The highest BCUT2D eigenvalue weighted by atomic mass is 35.5. The number of amides is 1. The van der Waals surface area contributed by atoms with E-state index in [0.717, 1.165) is 29.1 Å². The molecular formula is C23H28ClN3O5S2. The number of benzene rings is 2. The van der Waals surface area contributed by atoms with Gasteiger partial charge in [0.2, 0.25) is 0 Å². The van der Waals surface area contributed by atoms with Crippen molar-refractivity contribution in [2.24, 2.45) is 0 Å². The molecule has 8 nitrogen and oxygen atoms in total. The third-order valence-corrected chi connectivity index (χ3v) is 7.48. The van der Waals surface area contributed by atoms with Crippen LogP contribution in [0.3, 0.4) is 0 Å². The molecule has 2 aromatic carbocycles. The van der Waals surface area contributed by atoms with Crippen molar-refractivity contribution in [3.05, 3.63) is 62.2 Å². The smallest absolute Gasteiger partial charge is 0.407 e. The predicted octanol–water partition coefficient (Wildman–Crippen LogP) is 3.92. The Morgan fingerprint density at radius 3 is 2.82 bits per heavy atom. The number of carboxylic acid groups (broad SMARTS) is 1. The van der Waals surface area contributed by atoms with Gasteiger partial charge in [-0.3, -0.25) is 4.79 Å². The fourth-order valence-corrected chi connectivity index (χ4v) is 5.52. The zero-order chi connectivity index (χ0) is 24.5. The summed E-state index contributed by atoms with van der Waals surface area (Å²) in [4.78, 5) is 26.8. The molecule has 0 aliphatic rings. The number of hydrogen-bond donors (Lipinski definition) is 5. The maximum Gasteiger partial charge on any atom is 0.407 e. The van der Waals surface area contributed by atoms with Crippen molar-refractivity contribution in [1.29, 1.82) is 0 Å². The van der Waals surface area contributed by atoms with E-state index >= 15 is 0 Å². The molecule has 1 aromatic heterocycles. The monoisotopic (exact) mass is 525 g/mol. The molecule has 3 aromatic rings. The van der Waals surface area contributed by atoms with E-state index in [4.69, 9.17) is 11.6 Å². The highest BCUT2D eigenvalue weighted by Gasteiger charge is 2.16. The quantitative estimate of drug-likeness (QED) is 0.214. The number of hydrogen-bond acceptors (Lipinski definition) is 7. The summed E-state index contributed by atoms with van der Waals surface area (Å²) in [6.07, 6.45) is -0.230. The number of rotatable bonds is 13. The molecule has 0 saturated heterocycles. The van der Waals surface area contributed by atoms with Crippen LogP contribution in [0.25, 0.3) is 10.2 Å². The lowest BCUT2D eigenvalue weighted by molar-refractivity contribution is 0.148. The molecule has 0 aliphatic heterocycles. The van der Waals surface area contributed by atoms with Crippen molar-refractivity contribution in [2.45, 2.75) is 18.9 Å². The van der Waals surface area contributed by atoms with Gasteiger partial charge < -0.3 is 30.5 Å². The van der Waals surface area contributed by atoms with Gasteiger partial charge in [0.05, 0.1) is 10.8 Å². The first-order valence-electron chi connectivity index (χ1n) is 10.9. The largest absolute Gasteiger partial charge is 0.506 e. The number of aromatic amines is 1. The van der Waals surface area contributed by atoms with Gasteiger partial charge in [-0.25, -0.2) is 4.79 Å². The van der Waals surface area contributed by atoms with E-state index < -0.39 is 12.2 Å². The summed E-state index contributed by atoms with van der Waals surface area (Å²) in [5.41, 5.74) is 1.97. The van der Waals surface area contributed by atoms with Crippen molar-refractivity contribution >= 4 is 51.0 Å². The fraction of sp³-hybridized carbons (Fsp3) is 0.391. The van der Waals surface area contributed by atoms with E-state index in [1.807, 2.05) is 18.2 Å². The second kappa shape index (κ2) is 13.0. The minimum absolute atomic E-state index is 0.0137. The number of nitrogens with zero attached hydrogens (tertiary/aromatic N) is 1. The highest BCUT2D eigenvalue weighted by Crippen LogP contribution is 2.31. The number of aromatic nitrogens is 1. The number of thiazole rings is 1. The molecule has 184 valence electrons. The summed E-state index contributed by atoms with van der Waals surface area (Å²) in [6.45, 7) is 1.91. The van der Waals surface area contributed by atoms with Crippen molar-refractivity contribution in [1.82, 2.24) is 15.2 Å². The number of fused-ring (bicyclic) bond motifs is 1. The molecule has 0 radical (unpaired) electrons. The van der Waals surface area contributed by atoms with Crippen LogP contribution >= 0.6 is 34.7 Å². The number of halogens is 1. The third-order valence-electron chi connectivity index (χ3n) is 5.26. The lowest BCUT2D eigenvalue weighted by Gasteiger charge is -2.19. The Bertz CT molecular complexity index is 1150. The van der Waals surface area contributed by atoms with Crippen LogP contribution in [0.2, 0.25) is 5.02 Å². The molecule has 0 spiro atoms. The average molecular weight is 526 g/mol. The molecule has 34 heavy (non-hydrogen) atoms. The number of aliphatic hydroxyl groups excluding tert-OH is 1. The maximum atomic E-state index is 11.6. The first-order valence-corrected chi connectivity index (χ1v) is 13.2. The van der Waals surface area contributed by atoms with Crippen LogP contribution in [0.5, 0.6) is 5.75 Å². The first kappa shape index (κ1) is 26.4. The minimum atomic E-state index is -0.922. The number of thioether (sulfide) groups is 1. The molecule has 3 rings (SSSR count). The SMILES string of the molecule is O=C(O)N(CCSCCCNC[C@H](O)c1ccc(O)c2[nH]c(=O)sc12)CCc1cccc(Cl)c1. The summed E-state index contributed by atoms with van der Waals surface area (Å²) in [7, 11) is 0. The second-order valence-electron chi connectivity index (χ2n) is 7.73. The van der Waals surface area contributed by atoms with Gasteiger partial charge in [0.25, 0.3) is 0 Å². The molecular weight excluding hydrogens is 498 g/mol. The Labute approximate surface area is 210 Å². The fourth-order valence-electron chi connectivity index (χ4n) is 3.49. The standard InChI is InChI=1S/C23H28ClN3O5S2/c24-16-4-1-3-15(13-16)7-9-27(23(31)32)10-12-33-11-2-8-25-14-19(29)17-5-6-18(28)20-21(17)34-22(30)26-20/h1,3-6,13,19,25,28-29H,2,7-12,14H2,(H,26,30)(H,31,32)/t19-/m0/s1. The summed E-state index contributed by atoms with van der Waals surface area (Å²) in [5.74, 6) is 1.57. The molecule has 1 heterocycles. The van der Waals surface area contributed by atoms with Crippen molar-refractivity contribution in [3.8, 4) is 5.75 Å². The maximum absolute atomic E-state index is 11.6. The van der Waals surface area contributed by atoms with Crippen LogP contribution in [0.15, 0.2) is 41.2 Å². The molecule has 0 bridgehead atoms. The topological polar surface area (TPSA) is 126 Å². The minimum Gasteiger partial charge on any atom is -0.506 e. The van der Waals surface area contributed by atoms with Crippen LogP contribution in [0.1, 0.15) is 23.7 Å². The van der Waals surface area contributed by atoms with Gasteiger partial charge in [-0.2, -0.15) is 11.8 Å². The summed E-state index contributed by atoms with van der Waals surface area (Å²) >= 11 is 8.64. The predicted molar refractivity (Wildman–Crippen MR) is 139 cm³/mol. The summed E-state index contributed by atoms with van der Waals surface area (Å²) in [6, 6.07) is 10.5. The van der Waals surface area contributed by atoms with Crippen LogP contribution in [0, 0.1) is 0 Å². The zero-order valence-electron chi connectivity index (χ0n) is 18.5. The Kier molecular flexibility index (Phi) is 10.1. The lowest BCUT2D eigenvalue weighted by Crippen LogP contribution is -2.33. The van der Waals surface area contributed by atoms with Gasteiger partial charge in [0.15, 0.2) is 0 Å². The summed E-state index contributed by atoms with van der Waals surface area (Å²) < 4.78 is 0.563. The van der Waals surface area contributed by atoms with Gasteiger partial charge >= 0.3 is 11.0 Å². The molecule has 1 atom stereocenters. The lowest BCUT2D eigenvalue weighted by atomic mass is 10.1. The second-order valence-corrected chi connectivity index (χ2v) is 10.4. The number of carbonyl (C=O) groups is 1. The van der Waals surface area contributed by atoms with Crippen molar-refractivity contribution in [2.75, 3.05) is 37.7 Å². The van der Waals surface area contributed by atoms with Crippen molar-refractivity contribution in [3.63, 3.8) is 0 Å². The number of nitrogens with one attached hydrogen (secondary N) is 2. The van der Waals surface area contributed by atoms with Crippen LogP contribution in [-0.4, -0.2) is 69.0 Å². The zero-order valence-corrected chi connectivity index (χ0v) is 20.9. The molecule has 11 heteroatoms. The van der Waals surface area contributed by atoms with Gasteiger partial charge in [0, 0.05) is 36.0 Å². The highest BCUT2D eigenvalue weighted by molar-refractivity contribution is 7.99. The van der Waals surface area contributed by atoms with Gasteiger partial charge in [-0.1, -0.05) is 41.1 Å². The first-order chi connectivity index (χ1) is 16.3. The third kappa shape index (κ3) is 7.64. The Morgan fingerprint density at radius 2 is 2.06 bits per heavy atom. The van der Waals surface area contributed by atoms with Gasteiger partial charge in [-0.15, -0.1) is 0 Å². The van der Waals surface area contributed by atoms with E-state index in [-0.39, 0.29) is 10.6 Å². The number of aromatic hydroxyl groups is 1. The Morgan fingerprint density at radius 1 is 1.24 bits per heavy atom. The van der Waals surface area contributed by atoms with Gasteiger partial charge in [0.1, 0.15) is 11.3 Å². The number of aliphatic hydroxyl groups is 1. The van der Waals surface area contributed by atoms with E-state index in [9.17, 15) is 24.9 Å². The van der Waals surface area contributed by atoms with E-state index in [1.54, 1.807) is 23.9 Å². The van der Waals surface area contributed by atoms with Crippen molar-refractivity contribution < 1.29 is 20.1 Å². The molecule has 0 unspecified atom stereocenters. The van der Waals surface area contributed by atoms with E-state index in [0.29, 0.717) is 59.2 Å². The Balaban J connectivity index is 1.31. The number of H-pyrrole nitrogens is 1. The Hall–Kier alpha value is -2.24. The number of phenols is 1. The van der Waals surface area contributed by atoms with Crippen LogP contribution < -0.4 is 10.2 Å².